The molecule has 0 aromatic heterocycles. The Morgan fingerprint density at radius 1 is 1.24 bits per heavy atom. The summed E-state index contributed by atoms with van der Waals surface area (Å²) < 4.78 is 5.79. The standard InChI is InChI=1S/C14H28N2O/c1-13(2)6-5-11(15)12(9-13)16-7-8-17-14(3,4)10-16/h11-12H,5-10,15H2,1-4H3. The molecule has 0 amide bonds. The number of hydrogen-bond acceptors (Lipinski definition) is 3. The molecule has 2 aliphatic rings. The first-order valence-electron chi connectivity index (χ1n) is 6.93. The fourth-order valence-corrected chi connectivity index (χ4v) is 3.31. The minimum Gasteiger partial charge on any atom is -0.373 e. The Morgan fingerprint density at radius 3 is 2.59 bits per heavy atom. The second-order valence-electron chi connectivity index (χ2n) is 7.22. The van der Waals surface area contributed by atoms with Gasteiger partial charge in [-0.25, -0.2) is 0 Å². The van der Waals surface area contributed by atoms with Crippen LogP contribution in [-0.4, -0.2) is 42.3 Å². The van der Waals surface area contributed by atoms with Crippen molar-refractivity contribution in [2.75, 3.05) is 19.7 Å². The normalized spacial score (nSPS) is 37.9. The van der Waals surface area contributed by atoms with Crippen molar-refractivity contribution in [3.05, 3.63) is 0 Å². The second-order valence-corrected chi connectivity index (χ2v) is 7.22. The quantitative estimate of drug-likeness (QED) is 0.762. The van der Waals surface area contributed by atoms with Crippen LogP contribution in [0.5, 0.6) is 0 Å². The van der Waals surface area contributed by atoms with Crippen molar-refractivity contribution in [1.82, 2.24) is 4.90 Å². The third-order valence-corrected chi connectivity index (χ3v) is 4.33. The zero-order valence-electron chi connectivity index (χ0n) is 11.8. The monoisotopic (exact) mass is 240 g/mol. The molecule has 0 aromatic carbocycles. The van der Waals surface area contributed by atoms with E-state index in [2.05, 4.69) is 32.6 Å². The minimum absolute atomic E-state index is 0.0143. The summed E-state index contributed by atoms with van der Waals surface area (Å²) in [5.41, 5.74) is 6.77. The topological polar surface area (TPSA) is 38.5 Å². The van der Waals surface area contributed by atoms with Gasteiger partial charge in [0.15, 0.2) is 0 Å². The summed E-state index contributed by atoms with van der Waals surface area (Å²) >= 11 is 0. The molecule has 0 spiro atoms. The van der Waals surface area contributed by atoms with Crippen LogP contribution in [0.4, 0.5) is 0 Å². The number of ether oxygens (including phenoxy) is 1. The first-order valence-corrected chi connectivity index (χ1v) is 6.93. The molecule has 2 N–H and O–H groups in total. The molecule has 0 radical (unpaired) electrons. The molecule has 1 aliphatic heterocycles. The van der Waals surface area contributed by atoms with Crippen molar-refractivity contribution in [1.29, 1.82) is 0 Å². The maximum absolute atomic E-state index is 6.34. The Balaban J connectivity index is 2.04. The minimum atomic E-state index is -0.0143. The Labute approximate surface area is 106 Å². The zero-order valence-corrected chi connectivity index (χ0v) is 11.8. The average molecular weight is 240 g/mol. The van der Waals surface area contributed by atoms with E-state index in [1.165, 1.54) is 12.8 Å². The maximum atomic E-state index is 6.34. The van der Waals surface area contributed by atoms with Crippen molar-refractivity contribution < 1.29 is 4.74 Å². The molecule has 1 heterocycles. The zero-order chi connectivity index (χ0) is 12.7. The maximum Gasteiger partial charge on any atom is 0.0753 e. The van der Waals surface area contributed by atoms with Gasteiger partial charge in [0, 0.05) is 25.2 Å². The van der Waals surface area contributed by atoms with Crippen LogP contribution in [0.2, 0.25) is 0 Å². The van der Waals surface area contributed by atoms with Gasteiger partial charge in [0.1, 0.15) is 0 Å². The van der Waals surface area contributed by atoms with Gasteiger partial charge in [-0.2, -0.15) is 0 Å². The Hall–Kier alpha value is -0.120. The Morgan fingerprint density at radius 2 is 1.94 bits per heavy atom. The second kappa shape index (κ2) is 4.52. The molecule has 2 fully saturated rings. The fourth-order valence-electron chi connectivity index (χ4n) is 3.31. The summed E-state index contributed by atoms with van der Waals surface area (Å²) in [4.78, 5) is 2.56. The van der Waals surface area contributed by atoms with E-state index in [0.29, 0.717) is 17.5 Å². The number of nitrogens with two attached hydrogens (primary N) is 1. The molecule has 3 heteroatoms. The van der Waals surface area contributed by atoms with Crippen molar-refractivity contribution in [2.24, 2.45) is 11.1 Å². The van der Waals surface area contributed by atoms with Gasteiger partial charge in [0.25, 0.3) is 0 Å². The SMILES string of the molecule is CC1(C)CCC(N)C(N2CCOC(C)(C)C2)C1. The fraction of sp³-hybridized carbons (Fsp3) is 1.00. The number of nitrogens with zero attached hydrogens (tertiary/aromatic N) is 1. The summed E-state index contributed by atoms with van der Waals surface area (Å²) in [6.07, 6.45) is 3.65. The molecule has 0 bridgehead atoms. The number of hydrogen-bond donors (Lipinski definition) is 1. The molecule has 3 nitrogen and oxygen atoms in total. The molecule has 100 valence electrons. The van der Waals surface area contributed by atoms with Gasteiger partial charge in [-0.3, -0.25) is 4.90 Å². The van der Waals surface area contributed by atoms with E-state index in [4.69, 9.17) is 10.5 Å². The summed E-state index contributed by atoms with van der Waals surface area (Å²) in [6, 6.07) is 0.888. The Kier molecular flexibility index (Phi) is 3.54. The largest absolute Gasteiger partial charge is 0.373 e. The third kappa shape index (κ3) is 3.21. The number of morpholine rings is 1. The van der Waals surface area contributed by atoms with Gasteiger partial charge in [0.05, 0.1) is 12.2 Å². The summed E-state index contributed by atoms with van der Waals surface area (Å²) in [5, 5.41) is 0. The van der Waals surface area contributed by atoms with Crippen LogP contribution < -0.4 is 5.73 Å². The molecular formula is C14H28N2O. The predicted octanol–water partition coefficient (Wildman–Crippen LogP) is 2.00. The molecule has 17 heavy (non-hydrogen) atoms. The summed E-state index contributed by atoms with van der Waals surface area (Å²) in [7, 11) is 0. The van der Waals surface area contributed by atoms with Gasteiger partial charge in [-0.05, 0) is 38.5 Å². The lowest BCUT2D eigenvalue weighted by Crippen LogP contribution is -2.59. The van der Waals surface area contributed by atoms with Crippen molar-refractivity contribution in [3.8, 4) is 0 Å². The van der Waals surface area contributed by atoms with Gasteiger partial charge in [0.2, 0.25) is 0 Å². The lowest BCUT2D eigenvalue weighted by atomic mass is 9.72. The lowest BCUT2D eigenvalue weighted by molar-refractivity contribution is -0.107. The summed E-state index contributed by atoms with van der Waals surface area (Å²) in [5.74, 6) is 0. The van der Waals surface area contributed by atoms with Gasteiger partial charge in [-0.15, -0.1) is 0 Å². The van der Waals surface area contributed by atoms with E-state index in [0.717, 1.165) is 26.1 Å². The summed E-state index contributed by atoms with van der Waals surface area (Å²) in [6.45, 7) is 12.0. The van der Waals surface area contributed by atoms with Crippen molar-refractivity contribution in [2.45, 2.75) is 64.6 Å². The van der Waals surface area contributed by atoms with Crippen molar-refractivity contribution in [3.63, 3.8) is 0 Å². The van der Waals surface area contributed by atoms with Crippen LogP contribution in [0.1, 0.15) is 47.0 Å². The molecule has 2 rings (SSSR count). The average Bonchev–Trinajstić information content (AvgIpc) is 2.20. The highest BCUT2D eigenvalue weighted by molar-refractivity contribution is 4.95. The first kappa shape index (κ1) is 13.3. The molecule has 1 saturated carbocycles. The van der Waals surface area contributed by atoms with Crippen LogP contribution in [0.25, 0.3) is 0 Å². The van der Waals surface area contributed by atoms with Gasteiger partial charge in [-0.1, -0.05) is 13.8 Å². The highest BCUT2D eigenvalue weighted by atomic mass is 16.5. The van der Waals surface area contributed by atoms with Crippen LogP contribution in [0.3, 0.4) is 0 Å². The Bertz CT molecular complexity index is 275. The van der Waals surface area contributed by atoms with Crippen LogP contribution in [0.15, 0.2) is 0 Å². The van der Waals surface area contributed by atoms with E-state index in [9.17, 15) is 0 Å². The van der Waals surface area contributed by atoms with E-state index < -0.39 is 0 Å². The van der Waals surface area contributed by atoms with E-state index in [1.807, 2.05) is 0 Å². The van der Waals surface area contributed by atoms with E-state index in [-0.39, 0.29) is 5.60 Å². The third-order valence-electron chi connectivity index (χ3n) is 4.33. The predicted molar refractivity (Wildman–Crippen MR) is 71.0 cm³/mol. The highest BCUT2D eigenvalue weighted by Gasteiger charge is 2.39. The van der Waals surface area contributed by atoms with Gasteiger partial charge >= 0.3 is 0 Å². The van der Waals surface area contributed by atoms with Crippen LogP contribution >= 0.6 is 0 Å². The molecular weight excluding hydrogens is 212 g/mol. The molecule has 0 aromatic rings. The van der Waals surface area contributed by atoms with Crippen molar-refractivity contribution >= 4 is 0 Å². The van der Waals surface area contributed by atoms with Gasteiger partial charge < -0.3 is 10.5 Å². The highest BCUT2D eigenvalue weighted by Crippen LogP contribution is 2.37. The molecule has 1 saturated heterocycles. The first-order chi connectivity index (χ1) is 7.79. The van der Waals surface area contributed by atoms with E-state index in [1.54, 1.807) is 0 Å². The molecule has 2 atom stereocenters. The molecule has 1 aliphatic carbocycles. The smallest absolute Gasteiger partial charge is 0.0753 e. The van der Waals surface area contributed by atoms with Crippen LogP contribution in [0, 0.1) is 5.41 Å². The number of rotatable bonds is 1. The molecule has 2 unspecified atom stereocenters. The van der Waals surface area contributed by atoms with E-state index >= 15 is 0 Å². The lowest BCUT2D eigenvalue weighted by Gasteiger charge is -2.49. The van der Waals surface area contributed by atoms with Crippen LogP contribution in [-0.2, 0) is 4.74 Å².